The van der Waals surface area contributed by atoms with E-state index >= 15 is 0 Å². The van der Waals surface area contributed by atoms with E-state index in [0.29, 0.717) is 0 Å². The van der Waals surface area contributed by atoms with Crippen LogP contribution in [0, 0.1) is 0 Å². The van der Waals surface area contributed by atoms with Gasteiger partial charge in [-0.05, 0) is 24.3 Å². The molecule has 0 unspecified atom stereocenters. The third-order valence-electron chi connectivity index (χ3n) is 2.56. The highest BCUT2D eigenvalue weighted by atomic mass is 14.9. The lowest BCUT2D eigenvalue weighted by Crippen LogP contribution is -1.91. The average Bonchev–Trinajstić information content (AvgIpc) is 2.40. The fourth-order valence-electron chi connectivity index (χ4n) is 1.74. The van der Waals surface area contributed by atoms with Crippen LogP contribution >= 0.6 is 0 Å². The molecular formula is C14H11N3. The van der Waals surface area contributed by atoms with Crippen LogP contribution in [0.15, 0.2) is 61.1 Å². The lowest BCUT2D eigenvalue weighted by molar-refractivity contribution is 1.32. The van der Waals surface area contributed by atoms with Gasteiger partial charge in [-0.3, -0.25) is 9.97 Å². The van der Waals surface area contributed by atoms with Gasteiger partial charge in [0.05, 0.1) is 17.4 Å². The summed E-state index contributed by atoms with van der Waals surface area (Å²) in [6.45, 7) is 0. The molecule has 3 aromatic rings. The van der Waals surface area contributed by atoms with Gasteiger partial charge in [0.2, 0.25) is 0 Å². The Morgan fingerprint density at radius 3 is 2.59 bits per heavy atom. The molecule has 0 bridgehead atoms. The van der Waals surface area contributed by atoms with Crippen molar-refractivity contribution in [3.63, 3.8) is 0 Å². The van der Waals surface area contributed by atoms with Gasteiger partial charge < -0.3 is 5.32 Å². The maximum atomic E-state index is 4.40. The standard InChI is InChI=1S/C14H11N3/c1-2-4-14-11(3-1)9-13(10-16-14)17-12-5-7-15-8-6-12/h1-10H,(H,15,17). The highest BCUT2D eigenvalue weighted by Crippen LogP contribution is 2.19. The monoisotopic (exact) mass is 221 g/mol. The van der Waals surface area contributed by atoms with Crippen LogP contribution in [0.4, 0.5) is 11.4 Å². The van der Waals surface area contributed by atoms with Crippen LogP contribution in [0.5, 0.6) is 0 Å². The van der Waals surface area contributed by atoms with Crippen LogP contribution in [-0.2, 0) is 0 Å². The normalized spacial score (nSPS) is 10.4. The fourth-order valence-corrected chi connectivity index (χ4v) is 1.74. The van der Waals surface area contributed by atoms with Gasteiger partial charge in [-0.1, -0.05) is 18.2 Å². The molecule has 2 heterocycles. The number of pyridine rings is 2. The molecular weight excluding hydrogens is 210 g/mol. The average molecular weight is 221 g/mol. The smallest absolute Gasteiger partial charge is 0.0703 e. The zero-order valence-electron chi connectivity index (χ0n) is 9.17. The summed E-state index contributed by atoms with van der Waals surface area (Å²) < 4.78 is 0. The third-order valence-corrected chi connectivity index (χ3v) is 2.56. The Bertz CT molecular complexity index is 635. The number of hydrogen-bond acceptors (Lipinski definition) is 3. The first-order valence-corrected chi connectivity index (χ1v) is 5.44. The highest BCUT2D eigenvalue weighted by molar-refractivity contribution is 5.82. The number of anilines is 2. The summed E-state index contributed by atoms with van der Waals surface area (Å²) in [6.07, 6.45) is 5.36. The third kappa shape index (κ3) is 2.08. The van der Waals surface area contributed by atoms with Crippen LogP contribution in [-0.4, -0.2) is 9.97 Å². The summed E-state index contributed by atoms with van der Waals surface area (Å²) in [5, 5.41) is 4.42. The second-order valence-electron chi connectivity index (χ2n) is 3.78. The van der Waals surface area contributed by atoms with Crippen molar-refractivity contribution in [2.24, 2.45) is 0 Å². The van der Waals surface area contributed by atoms with Crippen molar-refractivity contribution in [1.82, 2.24) is 9.97 Å². The molecule has 0 radical (unpaired) electrons. The van der Waals surface area contributed by atoms with Gasteiger partial charge in [0.15, 0.2) is 0 Å². The molecule has 0 aliphatic carbocycles. The van der Waals surface area contributed by atoms with Crippen LogP contribution < -0.4 is 5.32 Å². The van der Waals surface area contributed by atoms with E-state index in [-0.39, 0.29) is 0 Å². The summed E-state index contributed by atoms with van der Waals surface area (Å²) in [4.78, 5) is 8.38. The summed E-state index contributed by atoms with van der Waals surface area (Å²) >= 11 is 0. The molecule has 0 saturated heterocycles. The van der Waals surface area contributed by atoms with Crippen molar-refractivity contribution < 1.29 is 0 Å². The van der Waals surface area contributed by atoms with Gasteiger partial charge in [-0.25, -0.2) is 0 Å². The van der Waals surface area contributed by atoms with Crippen molar-refractivity contribution in [2.45, 2.75) is 0 Å². The van der Waals surface area contributed by atoms with Crippen LogP contribution in [0.2, 0.25) is 0 Å². The van der Waals surface area contributed by atoms with Crippen LogP contribution in [0.1, 0.15) is 0 Å². The Morgan fingerprint density at radius 1 is 0.882 bits per heavy atom. The van der Waals surface area contributed by atoms with Crippen molar-refractivity contribution in [2.75, 3.05) is 5.32 Å². The van der Waals surface area contributed by atoms with E-state index in [1.165, 1.54) is 0 Å². The zero-order valence-corrected chi connectivity index (χ0v) is 9.17. The molecule has 0 spiro atoms. The number of fused-ring (bicyclic) bond motifs is 1. The molecule has 1 N–H and O–H groups in total. The molecule has 2 aromatic heterocycles. The predicted molar refractivity (Wildman–Crippen MR) is 69.3 cm³/mol. The van der Waals surface area contributed by atoms with Gasteiger partial charge in [-0.15, -0.1) is 0 Å². The predicted octanol–water partition coefficient (Wildman–Crippen LogP) is 3.37. The van der Waals surface area contributed by atoms with Crippen LogP contribution in [0.25, 0.3) is 10.9 Å². The minimum atomic E-state index is 0.981. The van der Waals surface area contributed by atoms with Crippen LogP contribution in [0.3, 0.4) is 0 Å². The largest absolute Gasteiger partial charge is 0.354 e. The maximum absolute atomic E-state index is 4.40. The number of para-hydroxylation sites is 1. The van der Waals surface area contributed by atoms with Gasteiger partial charge in [-0.2, -0.15) is 0 Å². The van der Waals surface area contributed by atoms with Gasteiger partial charge in [0.25, 0.3) is 0 Å². The van der Waals surface area contributed by atoms with E-state index in [1.807, 2.05) is 36.5 Å². The topological polar surface area (TPSA) is 37.8 Å². The minimum Gasteiger partial charge on any atom is -0.354 e. The molecule has 0 amide bonds. The molecule has 0 aliphatic rings. The lowest BCUT2D eigenvalue weighted by atomic mass is 10.2. The number of benzene rings is 1. The Hall–Kier alpha value is -2.42. The number of aromatic nitrogens is 2. The molecule has 0 fully saturated rings. The molecule has 1 aromatic carbocycles. The molecule has 0 atom stereocenters. The summed E-state index contributed by atoms with van der Waals surface area (Å²) in [5.74, 6) is 0. The maximum Gasteiger partial charge on any atom is 0.0703 e. The van der Waals surface area contributed by atoms with E-state index in [2.05, 4.69) is 27.4 Å². The number of nitrogens with zero attached hydrogens (tertiary/aromatic N) is 2. The van der Waals surface area contributed by atoms with Crippen molar-refractivity contribution in [3.05, 3.63) is 61.1 Å². The molecule has 0 aliphatic heterocycles. The second kappa shape index (κ2) is 4.22. The Kier molecular flexibility index (Phi) is 2.43. The van der Waals surface area contributed by atoms with Gasteiger partial charge in [0.1, 0.15) is 0 Å². The van der Waals surface area contributed by atoms with E-state index in [9.17, 15) is 0 Å². The number of hydrogen-bond donors (Lipinski definition) is 1. The Morgan fingerprint density at radius 2 is 1.71 bits per heavy atom. The summed E-state index contributed by atoms with van der Waals surface area (Å²) in [5.41, 5.74) is 3.00. The van der Waals surface area contributed by atoms with E-state index < -0.39 is 0 Å². The zero-order chi connectivity index (χ0) is 11.5. The first-order chi connectivity index (χ1) is 8.42. The highest BCUT2D eigenvalue weighted by Gasteiger charge is 1.97. The first kappa shape index (κ1) is 9.78. The van der Waals surface area contributed by atoms with Crippen molar-refractivity contribution in [3.8, 4) is 0 Å². The van der Waals surface area contributed by atoms with Gasteiger partial charge >= 0.3 is 0 Å². The molecule has 3 nitrogen and oxygen atoms in total. The van der Waals surface area contributed by atoms with Gasteiger partial charge in [0, 0.05) is 23.5 Å². The Labute approximate surface area is 99.2 Å². The molecule has 17 heavy (non-hydrogen) atoms. The summed E-state index contributed by atoms with van der Waals surface area (Å²) in [7, 11) is 0. The van der Waals surface area contributed by atoms with Crippen molar-refractivity contribution >= 4 is 22.3 Å². The molecule has 0 saturated carbocycles. The van der Waals surface area contributed by atoms with E-state index in [1.54, 1.807) is 12.4 Å². The molecule has 3 rings (SSSR count). The Balaban J connectivity index is 1.96. The lowest BCUT2D eigenvalue weighted by Gasteiger charge is -2.06. The number of rotatable bonds is 2. The molecule has 3 heteroatoms. The molecule has 82 valence electrons. The van der Waals surface area contributed by atoms with Crippen molar-refractivity contribution in [1.29, 1.82) is 0 Å². The second-order valence-corrected chi connectivity index (χ2v) is 3.78. The first-order valence-electron chi connectivity index (χ1n) is 5.44. The SMILES string of the molecule is c1ccc2ncc(Nc3ccncc3)cc2c1. The van der Waals surface area contributed by atoms with E-state index in [4.69, 9.17) is 0 Å². The number of nitrogens with one attached hydrogen (secondary N) is 1. The summed E-state index contributed by atoms with van der Waals surface area (Å²) in [6, 6.07) is 14.0. The van der Waals surface area contributed by atoms with E-state index in [0.717, 1.165) is 22.3 Å². The quantitative estimate of drug-likeness (QED) is 0.721. The minimum absolute atomic E-state index is 0.981. The fraction of sp³-hybridized carbons (Fsp3) is 0.